The highest BCUT2D eigenvalue weighted by Gasteiger charge is 2.25. The third kappa shape index (κ3) is 6.08. The SMILES string of the molecule is COC(=O)/C=C1/S/C(=N\N=Cc2c(OC)cccc2Sc2cc(OC)ccc2OC)NC1=O. The number of amidine groups is 1. The summed E-state index contributed by atoms with van der Waals surface area (Å²) in [5.74, 6) is 0.925. The van der Waals surface area contributed by atoms with Crippen molar-refractivity contribution in [2.75, 3.05) is 28.4 Å². The Kier molecular flexibility index (Phi) is 8.39. The van der Waals surface area contributed by atoms with Gasteiger partial charge in [0.15, 0.2) is 5.17 Å². The minimum Gasteiger partial charge on any atom is -0.497 e. The fourth-order valence-electron chi connectivity index (χ4n) is 2.68. The molecule has 2 aromatic rings. The highest BCUT2D eigenvalue weighted by Crippen LogP contribution is 2.40. The summed E-state index contributed by atoms with van der Waals surface area (Å²) in [6.45, 7) is 0. The minimum atomic E-state index is -0.624. The van der Waals surface area contributed by atoms with E-state index in [4.69, 9.17) is 14.2 Å². The molecule has 0 aromatic heterocycles. The van der Waals surface area contributed by atoms with Crippen LogP contribution >= 0.6 is 23.5 Å². The smallest absolute Gasteiger partial charge is 0.331 e. The first-order valence-corrected chi connectivity index (χ1v) is 11.1. The Bertz CT molecular complexity index is 1150. The maximum absolute atomic E-state index is 12.0. The van der Waals surface area contributed by atoms with Crippen molar-refractivity contribution >= 4 is 46.8 Å². The van der Waals surface area contributed by atoms with E-state index in [-0.39, 0.29) is 10.1 Å². The normalized spacial score (nSPS) is 15.7. The zero-order chi connectivity index (χ0) is 23.8. The maximum Gasteiger partial charge on any atom is 0.331 e. The number of thioether (sulfide) groups is 1. The predicted octanol–water partition coefficient (Wildman–Crippen LogP) is 3.47. The molecule has 1 aliphatic rings. The number of rotatable bonds is 8. The van der Waals surface area contributed by atoms with Gasteiger partial charge in [0.25, 0.3) is 5.91 Å². The summed E-state index contributed by atoms with van der Waals surface area (Å²) in [6.07, 6.45) is 2.64. The lowest BCUT2D eigenvalue weighted by Crippen LogP contribution is -2.19. The summed E-state index contributed by atoms with van der Waals surface area (Å²) >= 11 is 2.45. The molecule has 1 fully saturated rings. The van der Waals surface area contributed by atoms with Gasteiger partial charge in [-0.25, -0.2) is 4.79 Å². The van der Waals surface area contributed by atoms with E-state index >= 15 is 0 Å². The summed E-state index contributed by atoms with van der Waals surface area (Å²) in [5, 5.41) is 11.0. The van der Waals surface area contributed by atoms with Crippen LogP contribution in [0.15, 0.2) is 67.4 Å². The van der Waals surface area contributed by atoms with Crippen LogP contribution in [0.4, 0.5) is 0 Å². The summed E-state index contributed by atoms with van der Waals surface area (Å²) in [5.41, 5.74) is 0.693. The van der Waals surface area contributed by atoms with Crippen LogP contribution in [0.3, 0.4) is 0 Å². The number of amides is 1. The molecule has 2 aromatic carbocycles. The van der Waals surface area contributed by atoms with Crippen LogP contribution < -0.4 is 19.5 Å². The van der Waals surface area contributed by atoms with Crippen LogP contribution in [0.25, 0.3) is 0 Å². The lowest BCUT2D eigenvalue weighted by Gasteiger charge is -2.13. The van der Waals surface area contributed by atoms with Gasteiger partial charge in [-0.05, 0) is 42.1 Å². The zero-order valence-electron chi connectivity index (χ0n) is 18.3. The van der Waals surface area contributed by atoms with E-state index in [9.17, 15) is 9.59 Å². The van der Waals surface area contributed by atoms with Gasteiger partial charge >= 0.3 is 5.97 Å². The van der Waals surface area contributed by atoms with Crippen LogP contribution in [-0.2, 0) is 14.3 Å². The summed E-state index contributed by atoms with van der Waals surface area (Å²) in [4.78, 5) is 25.2. The number of carbonyl (C=O) groups is 2. The lowest BCUT2D eigenvalue weighted by molar-refractivity contribution is -0.135. The van der Waals surface area contributed by atoms with Crippen molar-refractivity contribution in [1.82, 2.24) is 5.32 Å². The minimum absolute atomic E-state index is 0.175. The molecule has 0 atom stereocenters. The number of carbonyl (C=O) groups excluding carboxylic acids is 2. The average Bonchev–Trinajstić information content (AvgIpc) is 3.18. The van der Waals surface area contributed by atoms with E-state index in [1.54, 1.807) is 21.3 Å². The Morgan fingerprint density at radius 2 is 1.82 bits per heavy atom. The van der Waals surface area contributed by atoms with Crippen LogP contribution in [0, 0.1) is 0 Å². The van der Waals surface area contributed by atoms with Crippen molar-refractivity contribution in [3.8, 4) is 17.2 Å². The predicted molar refractivity (Wildman–Crippen MR) is 128 cm³/mol. The van der Waals surface area contributed by atoms with E-state index in [2.05, 4.69) is 20.3 Å². The fourth-order valence-corrected chi connectivity index (χ4v) is 4.49. The van der Waals surface area contributed by atoms with E-state index in [1.807, 2.05) is 36.4 Å². The number of nitrogens with zero attached hydrogens (tertiary/aromatic N) is 2. The average molecular weight is 488 g/mol. The number of methoxy groups -OCH3 is 4. The second-order valence-electron chi connectivity index (χ2n) is 6.23. The number of benzene rings is 2. The largest absolute Gasteiger partial charge is 0.497 e. The highest BCUT2D eigenvalue weighted by atomic mass is 32.2. The molecule has 0 radical (unpaired) electrons. The Balaban J connectivity index is 1.88. The van der Waals surface area contributed by atoms with Crippen LogP contribution in [0.2, 0.25) is 0 Å². The van der Waals surface area contributed by atoms with E-state index < -0.39 is 11.9 Å². The first-order valence-electron chi connectivity index (χ1n) is 9.45. The second-order valence-corrected chi connectivity index (χ2v) is 8.34. The molecule has 1 aliphatic heterocycles. The molecule has 0 saturated carbocycles. The maximum atomic E-state index is 12.0. The first kappa shape index (κ1) is 24.2. The monoisotopic (exact) mass is 487 g/mol. The van der Waals surface area contributed by atoms with Gasteiger partial charge in [0.05, 0.1) is 50.0 Å². The van der Waals surface area contributed by atoms with Crippen LogP contribution in [-0.4, -0.2) is 51.7 Å². The Labute approximate surface area is 199 Å². The molecule has 1 heterocycles. The first-order chi connectivity index (χ1) is 16.0. The molecule has 3 rings (SSSR count). The van der Waals surface area contributed by atoms with Gasteiger partial charge in [0.2, 0.25) is 0 Å². The molecule has 33 heavy (non-hydrogen) atoms. The van der Waals surface area contributed by atoms with Crippen molar-refractivity contribution in [1.29, 1.82) is 0 Å². The Morgan fingerprint density at radius 3 is 2.52 bits per heavy atom. The van der Waals surface area contributed by atoms with Crippen molar-refractivity contribution in [3.05, 3.63) is 52.9 Å². The van der Waals surface area contributed by atoms with Gasteiger partial charge in [-0.2, -0.15) is 5.10 Å². The fraction of sp³-hybridized carbons (Fsp3) is 0.182. The van der Waals surface area contributed by atoms with Gasteiger partial charge in [0.1, 0.15) is 17.2 Å². The molecular weight excluding hydrogens is 466 g/mol. The number of hydrogen-bond acceptors (Lipinski definition) is 10. The highest BCUT2D eigenvalue weighted by molar-refractivity contribution is 8.18. The quantitative estimate of drug-likeness (QED) is 0.261. The summed E-state index contributed by atoms with van der Waals surface area (Å²) < 4.78 is 20.8. The second kappa shape index (κ2) is 11.4. The van der Waals surface area contributed by atoms with E-state index in [1.165, 1.54) is 25.1 Å². The standard InChI is InChI=1S/C22H21N3O6S2/c1-28-13-8-9-16(30-3)18(10-13)32-17-7-5-6-15(29-2)14(17)12-23-25-22-24-21(27)19(33-22)11-20(26)31-4/h5-12H,1-4H3,(H,24,25,27)/b19-11+,23-12?. The van der Waals surface area contributed by atoms with Crippen molar-refractivity contribution < 1.29 is 28.5 Å². The van der Waals surface area contributed by atoms with Gasteiger partial charge in [0, 0.05) is 11.0 Å². The molecule has 1 amide bonds. The van der Waals surface area contributed by atoms with Gasteiger partial charge in [-0.15, -0.1) is 5.10 Å². The van der Waals surface area contributed by atoms with Crippen molar-refractivity contribution in [3.63, 3.8) is 0 Å². The van der Waals surface area contributed by atoms with Gasteiger partial charge < -0.3 is 18.9 Å². The Hall–Kier alpha value is -3.44. The van der Waals surface area contributed by atoms with Gasteiger partial charge in [-0.3, -0.25) is 10.1 Å². The summed E-state index contributed by atoms with van der Waals surface area (Å²) in [7, 11) is 6.01. The third-order valence-corrected chi connectivity index (χ3v) is 6.29. The van der Waals surface area contributed by atoms with Crippen LogP contribution in [0.1, 0.15) is 5.56 Å². The molecule has 1 N–H and O–H groups in total. The van der Waals surface area contributed by atoms with Gasteiger partial charge in [-0.1, -0.05) is 17.8 Å². The summed E-state index contributed by atoms with van der Waals surface area (Å²) in [6, 6.07) is 11.1. The molecule has 172 valence electrons. The third-order valence-electron chi connectivity index (χ3n) is 4.27. The molecule has 0 unspecified atom stereocenters. The Morgan fingerprint density at radius 1 is 1.03 bits per heavy atom. The van der Waals surface area contributed by atoms with Crippen molar-refractivity contribution in [2.24, 2.45) is 10.2 Å². The number of hydrogen-bond donors (Lipinski definition) is 1. The van der Waals surface area contributed by atoms with E-state index in [0.717, 1.165) is 27.6 Å². The lowest BCUT2D eigenvalue weighted by atomic mass is 10.2. The van der Waals surface area contributed by atoms with E-state index in [0.29, 0.717) is 22.8 Å². The van der Waals surface area contributed by atoms with Crippen molar-refractivity contribution in [2.45, 2.75) is 9.79 Å². The number of esters is 1. The molecule has 0 bridgehead atoms. The molecule has 1 saturated heterocycles. The molecular formula is C22H21N3O6S2. The van der Waals surface area contributed by atoms with Crippen LogP contribution in [0.5, 0.6) is 17.2 Å². The number of nitrogens with one attached hydrogen (secondary N) is 1. The molecule has 0 aliphatic carbocycles. The number of ether oxygens (including phenoxy) is 4. The molecule has 11 heteroatoms. The zero-order valence-corrected chi connectivity index (χ0v) is 19.9. The topological polar surface area (TPSA) is 108 Å². The molecule has 0 spiro atoms. The molecule has 9 nitrogen and oxygen atoms in total.